The molecule has 1 heterocycles. The Balaban J connectivity index is 1.35. The van der Waals surface area contributed by atoms with Crippen LogP contribution in [0.2, 0.25) is 0 Å². The number of nitrogens with zero attached hydrogens (tertiary/aromatic N) is 1. The molecular formula is C30H43NO4PS+. The van der Waals surface area contributed by atoms with Crippen molar-refractivity contribution in [1.82, 2.24) is 0 Å². The minimum Gasteiger partial charge on any atom is -0.395 e. The molecule has 37 heavy (non-hydrogen) atoms. The molecule has 0 radical (unpaired) electrons. The van der Waals surface area contributed by atoms with Gasteiger partial charge in [-0.3, -0.25) is 4.89 Å². The van der Waals surface area contributed by atoms with E-state index in [1.807, 2.05) is 52.0 Å². The second-order valence-electron chi connectivity index (χ2n) is 9.78. The van der Waals surface area contributed by atoms with Gasteiger partial charge in [-0.25, -0.2) is 4.57 Å². The summed E-state index contributed by atoms with van der Waals surface area (Å²) in [5.74, 6) is 0.666. The van der Waals surface area contributed by atoms with Crippen molar-refractivity contribution in [3.63, 3.8) is 0 Å². The van der Waals surface area contributed by atoms with Crippen LogP contribution in [0.25, 0.3) is 0 Å². The molecule has 7 heteroatoms. The van der Waals surface area contributed by atoms with Crippen molar-refractivity contribution in [3.8, 4) is 11.5 Å². The number of aryl methyl sites for hydroxylation is 1. The summed E-state index contributed by atoms with van der Waals surface area (Å²) in [6.45, 7) is 2.93. The Bertz CT molecular complexity index is 1070. The molecule has 0 aliphatic rings. The van der Waals surface area contributed by atoms with Crippen molar-refractivity contribution >= 4 is 19.2 Å². The minimum atomic E-state index is -4.31. The van der Waals surface area contributed by atoms with Crippen LogP contribution in [0.5, 0.6) is 11.5 Å². The highest BCUT2D eigenvalue weighted by molar-refractivity contribution is 7.48. The van der Waals surface area contributed by atoms with Crippen molar-refractivity contribution in [3.05, 3.63) is 76.7 Å². The van der Waals surface area contributed by atoms with Gasteiger partial charge in [0.05, 0.1) is 5.38 Å². The van der Waals surface area contributed by atoms with Crippen molar-refractivity contribution in [2.24, 2.45) is 0 Å². The Hall–Kier alpha value is -2.14. The fraction of sp³-hybridized carbons (Fsp3) is 0.500. The van der Waals surface area contributed by atoms with E-state index < -0.39 is 7.82 Å². The second-order valence-corrected chi connectivity index (χ2v) is 11.8. The standard InChI is InChI=1S/C30H42NO4PS/c1-2-3-4-5-6-7-8-9-10-11-12-13-16-27-17-14-19-29(23-27)34-36(32,33)35-30-20-15-18-28(24-30)25-31-21-22-37-26-31/h14-15,17-24,26H,2-13,16,25H2,1H3/p+1. The lowest BCUT2D eigenvalue weighted by atomic mass is 10.0. The molecular weight excluding hydrogens is 501 g/mol. The van der Waals surface area contributed by atoms with Gasteiger partial charge in [-0.05, 0) is 42.7 Å². The molecule has 0 spiro atoms. The Kier molecular flexibility index (Phi) is 13.2. The van der Waals surface area contributed by atoms with Crippen LogP contribution in [0.4, 0.5) is 0 Å². The predicted molar refractivity (Wildman–Crippen MR) is 152 cm³/mol. The number of hydrogen-bond acceptors (Lipinski definition) is 4. The fourth-order valence-electron chi connectivity index (χ4n) is 4.48. The van der Waals surface area contributed by atoms with Crippen LogP contribution in [0.3, 0.4) is 0 Å². The Morgan fingerprint density at radius 2 is 1.32 bits per heavy atom. The van der Waals surface area contributed by atoms with Gasteiger partial charge in [-0.2, -0.15) is 4.57 Å². The number of benzene rings is 2. The Morgan fingerprint density at radius 3 is 1.89 bits per heavy atom. The largest absolute Gasteiger partial charge is 0.584 e. The lowest BCUT2D eigenvalue weighted by Crippen LogP contribution is -2.30. The van der Waals surface area contributed by atoms with E-state index in [1.165, 1.54) is 70.6 Å². The summed E-state index contributed by atoms with van der Waals surface area (Å²) in [5.41, 5.74) is 4.10. The van der Waals surface area contributed by atoms with Gasteiger partial charge >= 0.3 is 7.82 Å². The SMILES string of the molecule is CCCCCCCCCCCCCCc1cccc(OP(=O)(O)Oc2cccc(C[n+]3ccsc3)c2)c1. The van der Waals surface area contributed by atoms with E-state index >= 15 is 0 Å². The normalized spacial score (nSPS) is 12.8. The van der Waals surface area contributed by atoms with E-state index in [-0.39, 0.29) is 0 Å². The highest BCUT2D eigenvalue weighted by atomic mass is 32.1. The van der Waals surface area contributed by atoms with E-state index in [1.54, 1.807) is 29.5 Å². The lowest BCUT2D eigenvalue weighted by molar-refractivity contribution is -0.683. The molecule has 1 N–H and O–H groups in total. The van der Waals surface area contributed by atoms with Crippen molar-refractivity contribution in [2.45, 2.75) is 96.9 Å². The second kappa shape index (κ2) is 16.7. The van der Waals surface area contributed by atoms with Crippen molar-refractivity contribution < 1.29 is 23.1 Å². The highest BCUT2D eigenvalue weighted by Gasteiger charge is 2.25. The van der Waals surface area contributed by atoms with Gasteiger partial charge < -0.3 is 9.05 Å². The summed E-state index contributed by atoms with van der Waals surface area (Å²) >= 11 is 1.62. The molecule has 0 amide bonds. The maximum Gasteiger partial charge on any atom is 0.584 e. The van der Waals surface area contributed by atoms with Gasteiger partial charge in [0.2, 0.25) is 5.51 Å². The summed E-state index contributed by atoms with van der Waals surface area (Å²) < 4.78 is 25.5. The van der Waals surface area contributed by atoms with Gasteiger partial charge in [-0.15, -0.1) is 0 Å². The quantitative estimate of drug-likeness (QED) is 0.0930. The van der Waals surface area contributed by atoms with Gasteiger partial charge in [0.15, 0.2) is 12.7 Å². The van der Waals surface area contributed by atoms with Gasteiger partial charge in [0.1, 0.15) is 11.5 Å². The number of phosphoric acid groups is 1. The van der Waals surface area contributed by atoms with E-state index in [2.05, 4.69) is 6.92 Å². The van der Waals surface area contributed by atoms with Crippen molar-refractivity contribution in [2.75, 3.05) is 0 Å². The summed E-state index contributed by atoms with van der Waals surface area (Å²) in [6.07, 6.45) is 18.8. The monoisotopic (exact) mass is 544 g/mol. The third-order valence-corrected chi connectivity index (χ3v) is 8.00. The third-order valence-electron chi connectivity index (χ3n) is 6.45. The first-order chi connectivity index (χ1) is 18.0. The molecule has 0 aliphatic heterocycles. The average Bonchev–Trinajstić information content (AvgIpc) is 3.37. The predicted octanol–water partition coefficient (Wildman–Crippen LogP) is 8.89. The first kappa shape index (κ1) is 29.4. The maximum atomic E-state index is 12.7. The molecule has 202 valence electrons. The van der Waals surface area contributed by atoms with Crippen LogP contribution in [0, 0.1) is 0 Å². The van der Waals surface area contributed by atoms with Crippen LogP contribution < -0.4 is 13.6 Å². The zero-order valence-electron chi connectivity index (χ0n) is 22.2. The molecule has 5 nitrogen and oxygen atoms in total. The van der Waals surface area contributed by atoms with Crippen LogP contribution in [-0.2, 0) is 17.5 Å². The number of unbranched alkanes of at least 4 members (excludes halogenated alkanes) is 11. The van der Waals surface area contributed by atoms with E-state index in [9.17, 15) is 9.46 Å². The third kappa shape index (κ3) is 12.3. The number of thiazole rings is 1. The van der Waals surface area contributed by atoms with Crippen LogP contribution in [-0.4, -0.2) is 4.89 Å². The number of hydrogen-bond donors (Lipinski definition) is 1. The first-order valence-corrected chi connectivity index (χ1v) is 16.3. The van der Waals surface area contributed by atoms with Gasteiger partial charge in [0, 0.05) is 5.56 Å². The number of aromatic nitrogens is 1. The first-order valence-electron chi connectivity index (χ1n) is 13.9. The molecule has 0 saturated heterocycles. The minimum absolute atomic E-state index is 0.312. The van der Waals surface area contributed by atoms with E-state index in [0.717, 1.165) is 24.0 Å². The molecule has 1 aromatic heterocycles. The van der Waals surface area contributed by atoms with E-state index in [0.29, 0.717) is 18.0 Å². The summed E-state index contributed by atoms with van der Waals surface area (Å²) in [5, 5.41) is 2.00. The highest BCUT2D eigenvalue weighted by Crippen LogP contribution is 2.44. The molecule has 0 bridgehead atoms. The molecule has 1 unspecified atom stereocenters. The molecule has 0 saturated carbocycles. The smallest absolute Gasteiger partial charge is 0.395 e. The number of phosphoric ester groups is 1. The summed E-state index contributed by atoms with van der Waals surface area (Å²) in [7, 11) is -4.31. The lowest BCUT2D eigenvalue weighted by Gasteiger charge is -2.14. The Labute approximate surface area is 227 Å². The fourth-order valence-corrected chi connectivity index (χ4v) is 5.87. The van der Waals surface area contributed by atoms with Crippen molar-refractivity contribution in [1.29, 1.82) is 0 Å². The van der Waals surface area contributed by atoms with Crippen LogP contribution in [0.1, 0.15) is 95.1 Å². The van der Waals surface area contributed by atoms with E-state index in [4.69, 9.17) is 9.05 Å². The summed E-state index contributed by atoms with van der Waals surface area (Å²) in [6, 6.07) is 14.6. The maximum absolute atomic E-state index is 12.7. The molecule has 1 atom stereocenters. The zero-order chi connectivity index (χ0) is 26.2. The summed E-state index contributed by atoms with van der Waals surface area (Å²) in [4.78, 5) is 10.4. The van der Waals surface area contributed by atoms with Gasteiger partial charge in [0.25, 0.3) is 0 Å². The molecule has 0 fully saturated rings. The van der Waals surface area contributed by atoms with Crippen LogP contribution >= 0.6 is 19.2 Å². The molecule has 0 aliphatic carbocycles. The Morgan fingerprint density at radius 1 is 0.784 bits per heavy atom. The molecule has 2 aromatic carbocycles. The number of rotatable bonds is 19. The van der Waals surface area contributed by atoms with Gasteiger partial charge in [-0.1, -0.05) is 113 Å². The molecule has 3 aromatic rings. The topological polar surface area (TPSA) is 59.6 Å². The van der Waals surface area contributed by atoms with Crippen LogP contribution in [0.15, 0.2) is 65.6 Å². The zero-order valence-corrected chi connectivity index (χ0v) is 23.9. The average molecular weight is 545 g/mol. The molecule has 3 rings (SSSR count).